The second-order valence-electron chi connectivity index (χ2n) is 5.84. The van der Waals surface area contributed by atoms with Gasteiger partial charge in [-0.2, -0.15) is 12.6 Å². The van der Waals surface area contributed by atoms with Crippen LogP contribution in [0.25, 0.3) is 0 Å². The Kier molecular flexibility index (Phi) is 13.8. The first-order valence-corrected chi connectivity index (χ1v) is 8.90. The van der Waals surface area contributed by atoms with E-state index in [4.69, 9.17) is 10.2 Å². The molecule has 0 unspecified atom stereocenters. The molecule has 0 fully saturated rings. The SMILES string of the molecule is CC(C)S.O=C(CCCc1ccccc1)NCC(=O)NC(CO)CO. The molecule has 1 aromatic rings. The minimum atomic E-state index is -0.688. The summed E-state index contributed by atoms with van der Waals surface area (Å²) in [4.78, 5) is 23.0. The number of carbonyl (C=O) groups is 2. The number of nitrogens with one attached hydrogen (secondary N) is 2. The summed E-state index contributed by atoms with van der Waals surface area (Å²) < 4.78 is 0. The van der Waals surface area contributed by atoms with Crippen molar-refractivity contribution in [2.45, 2.75) is 44.4 Å². The highest BCUT2D eigenvalue weighted by Crippen LogP contribution is 2.04. The number of aliphatic hydroxyl groups excluding tert-OH is 2. The minimum absolute atomic E-state index is 0.152. The summed E-state index contributed by atoms with van der Waals surface area (Å²) in [6, 6.07) is 9.19. The summed E-state index contributed by atoms with van der Waals surface area (Å²) in [5.41, 5.74) is 1.18. The maximum Gasteiger partial charge on any atom is 0.239 e. The van der Waals surface area contributed by atoms with E-state index in [1.807, 2.05) is 44.2 Å². The smallest absolute Gasteiger partial charge is 0.239 e. The molecular formula is C18H30N2O4S. The standard InChI is InChI=1S/C15H22N2O4.C3H8S/c18-10-13(11-19)17-15(21)9-16-14(20)8-4-7-12-5-2-1-3-6-12;1-3(2)4/h1-3,5-6,13,18-19H,4,7-11H2,(H,16,20)(H,17,21);3-4H,1-2H3. The molecule has 0 radical (unpaired) electrons. The fourth-order valence-electron chi connectivity index (χ4n) is 1.79. The summed E-state index contributed by atoms with van der Waals surface area (Å²) in [7, 11) is 0. The van der Waals surface area contributed by atoms with Gasteiger partial charge in [-0.3, -0.25) is 9.59 Å². The van der Waals surface area contributed by atoms with Gasteiger partial charge in [0.2, 0.25) is 11.8 Å². The molecule has 0 heterocycles. The van der Waals surface area contributed by atoms with Gasteiger partial charge in [0.1, 0.15) is 0 Å². The summed E-state index contributed by atoms with van der Waals surface area (Å²) in [5.74, 6) is -0.620. The summed E-state index contributed by atoms with van der Waals surface area (Å²) in [6.07, 6.45) is 1.89. The second-order valence-corrected chi connectivity index (χ2v) is 6.87. The minimum Gasteiger partial charge on any atom is -0.394 e. The number of thiol groups is 1. The lowest BCUT2D eigenvalue weighted by Gasteiger charge is -2.13. The lowest BCUT2D eigenvalue weighted by Crippen LogP contribution is -2.45. The van der Waals surface area contributed by atoms with E-state index in [-0.39, 0.29) is 25.7 Å². The van der Waals surface area contributed by atoms with Crippen LogP contribution in [0.2, 0.25) is 0 Å². The lowest BCUT2D eigenvalue weighted by atomic mass is 10.1. The van der Waals surface area contributed by atoms with E-state index in [9.17, 15) is 9.59 Å². The zero-order valence-corrected chi connectivity index (χ0v) is 15.8. The Labute approximate surface area is 155 Å². The molecule has 25 heavy (non-hydrogen) atoms. The highest BCUT2D eigenvalue weighted by Gasteiger charge is 2.10. The monoisotopic (exact) mass is 370 g/mol. The highest BCUT2D eigenvalue weighted by atomic mass is 32.1. The summed E-state index contributed by atoms with van der Waals surface area (Å²) in [6.45, 7) is 3.23. The largest absolute Gasteiger partial charge is 0.394 e. The molecule has 142 valence electrons. The van der Waals surface area contributed by atoms with Crippen molar-refractivity contribution >= 4 is 24.4 Å². The number of aliphatic hydroxyl groups is 2. The number of hydrogen-bond acceptors (Lipinski definition) is 5. The third kappa shape index (κ3) is 14.5. The van der Waals surface area contributed by atoms with Crippen LogP contribution in [-0.4, -0.2) is 53.1 Å². The van der Waals surface area contributed by atoms with Crippen LogP contribution in [0.5, 0.6) is 0 Å². The van der Waals surface area contributed by atoms with Crippen LogP contribution in [0.15, 0.2) is 30.3 Å². The van der Waals surface area contributed by atoms with Gasteiger partial charge in [-0.05, 0) is 23.7 Å². The van der Waals surface area contributed by atoms with E-state index in [1.165, 1.54) is 5.56 Å². The van der Waals surface area contributed by atoms with Gasteiger partial charge in [0, 0.05) is 6.42 Å². The van der Waals surface area contributed by atoms with Gasteiger partial charge in [-0.15, -0.1) is 0 Å². The molecule has 6 nitrogen and oxygen atoms in total. The number of rotatable bonds is 9. The number of aryl methyl sites for hydroxylation is 1. The quantitative estimate of drug-likeness (QED) is 0.418. The lowest BCUT2D eigenvalue weighted by molar-refractivity contribution is -0.126. The van der Waals surface area contributed by atoms with Gasteiger partial charge in [0.25, 0.3) is 0 Å². The van der Waals surface area contributed by atoms with Crippen molar-refractivity contribution in [3.05, 3.63) is 35.9 Å². The van der Waals surface area contributed by atoms with Gasteiger partial charge >= 0.3 is 0 Å². The topological polar surface area (TPSA) is 98.7 Å². The van der Waals surface area contributed by atoms with Gasteiger partial charge < -0.3 is 20.8 Å². The third-order valence-electron chi connectivity index (χ3n) is 2.96. The average molecular weight is 371 g/mol. The summed E-state index contributed by atoms with van der Waals surface area (Å²) in [5, 5.41) is 23.1. The molecule has 7 heteroatoms. The first-order valence-electron chi connectivity index (χ1n) is 8.38. The Morgan fingerprint density at radius 2 is 1.64 bits per heavy atom. The predicted octanol–water partition coefficient (Wildman–Crippen LogP) is 0.919. The molecule has 1 aromatic carbocycles. The molecular weight excluding hydrogens is 340 g/mol. The van der Waals surface area contributed by atoms with Crippen LogP contribution in [0, 0.1) is 0 Å². The van der Waals surface area contributed by atoms with Crippen molar-refractivity contribution in [3.63, 3.8) is 0 Å². The van der Waals surface area contributed by atoms with E-state index in [2.05, 4.69) is 23.3 Å². The Morgan fingerprint density at radius 3 is 2.16 bits per heavy atom. The Hall–Kier alpha value is -1.57. The van der Waals surface area contributed by atoms with Crippen molar-refractivity contribution in [1.29, 1.82) is 0 Å². The van der Waals surface area contributed by atoms with Gasteiger partial charge in [0.05, 0.1) is 25.8 Å². The van der Waals surface area contributed by atoms with Gasteiger partial charge in [0.15, 0.2) is 0 Å². The molecule has 0 aliphatic carbocycles. The Morgan fingerprint density at radius 1 is 1.08 bits per heavy atom. The van der Waals surface area contributed by atoms with Gasteiger partial charge in [-0.1, -0.05) is 44.2 Å². The van der Waals surface area contributed by atoms with Crippen molar-refractivity contribution in [1.82, 2.24) is 10.6 Å². The number of hydrogen-bond donors (Lipinski definition) is 5. The molecule has 1 rings (SSSR count). The number of benzene rings is 1. The van der Waals surface area contributed by atoms with Crippen LogP contribution < -0.4 is 10.6 Å². The molecule has 4 N–H and O–H groups in total. The van der Waals surface area contributed by atoms with Crippen molar-refractivity contribution in [2.24, 2.45) is 0 Å². The Bertz CT molecular complexity index is 476. The molecule has 0 saturated heterocycles. The van der Waals surface area contributed by atoms with Crippen LogP contribution in [0.4, 0.5) is 0 Å². The Balaban J connectivity index is 0.00000129. The van der Waals surface area contributed by atoms with Crippen molar-refractivity contribution in [3.8, 4) is 0 Å². The molecule has 0 aliphatic rings. The molecule has 0 aliphatic heterocycles. The van der Waals surface area contributed by atoms with E-state index in [0.717, 1.165) is 6.42 Å². The fraction of sp³-hybridized carbons (Fsp3) is 0.556. The first-order chi connectivity index (χ1) is 11.9. The maximum atomic E-state index is 11.6. The number of amides is 2. The van der Waals surface area contributed by atoms with Crippen molar-refractivity contribution < 1.29 is 19.8 Å². The van der Waals surface area contributed by atoms with E-state index in [0.29, 0.717) is 18.1 Å². The highest BCUT2D eigenvalue weighted by molar-refractivity contribution is 7.80. The molecule has 0 atom stereocenters. The summed E-state index contributed by atoms with van der Waals surface area (Å²) >= 11 is 3.97. The van der Waals surface area contributed by atoms with E-state index >= 15 is 0 Å². The van der Waals surface area contributed by atoms with Crippen LogP contribution >= 0.6 is 12.6 Å². The normalized spacial score (nSPS) is 10.2. The average Bonchev–Trinajstić information content (AvgIpc) is 2.58. The predicted molar refractivity (Wildman–Crippen MR) is 103 cm³/mol. The zero-order valence-electron chi connectivity index (χ0n) is 14.9. The van der Waals surface area contributed by atoms with Crippen molar-refractivity contribution in [2.75, 3.05) is 19.8 Å². The van der Waals surface area contributed by atoms with Crippen LogP contribution in [0.3, 0.4) is 0 Å². The fourth-order valence-corrected chi connectivity index (χ4v) is 1.79. The van der Waals surface area contributed by atoms with Crippen LogP contribution in [0.1, 0.15) is 32.3 Å². The zero-order chi connectivity index (χ0) is 19.1. The van der Waals surface area contributed by atoms with E-state index < -0.39 is 11.9 Å². The molecule has 0 aromatic heterocycles. The van der Waals surface area contributed by atoms with Crippen LogP contribution in [-0.2, 0) is 16.0 Å². The first kappa shape index (κ1) is 23.4. The third-order valence-corrected chi connectivity index (χ3v) is 2.96. The molecule has 0 saturated carbocycles. The van der Waals surface area contributed by atoms with E-state index in [1.54, 1.807) is 0 Å². The number of carbonyl (C=O) groups excluding carboxylic acids is 2. The molecule has 2 amide bonds. The molecule has 0 spiro atoms. The maximum absolute atomic E-state index is 11.6. The van der Waals surface area contributed by atoms with Gasteiger partial charge in [-0.25, -0.2) is 0 Å². The second kappa shape index (κ2) is 14.7. The molecule has 0 bridgehead atoms.